The Bertz CT molecular complexity index is 1330. The van der Waals surface area contributed by atoms with Crippen LogP contribution in [0.4, 0.5) is 5.82 Å². The summed E-state index contributed by atoms with van der Waals surface area (Å²) in [5.41, 5.74) is 0. The summed E-state index contributed by atoms with van der Waals surface area (Å²) in [5.74, 6) is -0.835. The van der Waals surface area contributed by atoms with E-state index in [0.717, 1.165) is 10.8 Å². The number of carbonyl (C=O) groups is 2. The van der Waals surface area contributed by atoms with Crippen LogP contribution in [0.25, 0.3) is 10.8 Å². The molecule has 0 saturated heterocycles. The van der Waals surface area contributed by atoms with E-state index in [1.807, 2.05) is 36.4 Å². The van der Waals surface area contributed by atoms with Crippen LogP contribution >= 0.6 is 0 Å². The third-order valence-electron chi connectivity index (χ3n) is 4.60. The smallest absolute Gasteiger partial charge is 0.389 e. The number of carbonyl (C=O) groups excluding carboxylic acids is 2. The molecule has 4 aromatic rings. The maximum Gasteiger partial charge on any atom is 0.389 e. The Morgan fingerprint density at radius 2 is 1.88 bits per heavy atom. The fourth-order valence-electron chi connectivity index (χ4n) is 3.00. The van der Waals surface area contributed by atoms with Crippen LogP contribution in [0, 0.1) is 10.1 Å². The molecular weight excluding hydrogens is 446 g/mol. The van der Waals surface area contributed by atoms with Crippen molar-refractivity contribution in [3.05, 3.63) is 76.6 Å². The molecule has 0 saturated carbocycles. The predicted octanol–water partition coefficient (Wildman–Crippen LogP) is 1.30. The van der Waals surface area contributed by atoms with E-state index in [-0.39, 0.29) is 49.7 Å². The van der Waals surface area contributed by atoms with Crippen molar-refractivity contribution >= 4 is 28.4 Å². The number of nitrogens with one attached hydrogen (secondary N) is 2. The first-order valence-corrected chi connectivity index (χ1v) is 10.1. The summed E-state index contributed by atoms with van der Waals surface area (Å²) in [6.07, 6.45) is 1.39. The standard InChI is InChI=1S/C21H19N7O6/c29-19(13-33-16-6-5-14-3-1-2-4-15(14)11-16)22-8-9-23-20(30)21-24-17(26-34-21)12-27-10-7-18(25-27)28(31)32/h1-7,10-11H,8-9,12-13H2,(H,22,29)(H,23,30). The van der Waals surface area contributed by atoms with Crippen LogP contribution in [0.15, 0.2) is 59.3 Å². The van der Waals surface area contributed by atoms with Crippen LogP contribution < -0.4 is 15.4 Å². The minimum Gasteiger partial charge on any atom is -0.484 e. The predicted molar refractivity (Wildman–Crippen MR) is 117 cm³/mol. The second-order valence-corrected chi connectivity index (χ2v) is 7.05. The van der Waals surface area contributed by atoms with E-state index in [2.05, 4.69) is 25.9 Å². The summed E-state index contributed by atoms with van der Waals surface area (Å²) in [6.45, 7) is 0.135. The van der Waals surface area contributed by atoms with Gasteiger partial charge in [0.15, 0.2) is 12.4 Å². The number of amides is 2. The molecule has 2 heterocycles. The van der Waals surface area contributed by atoms with Gasteiger partial charge in [0.2, 0.25) is 0 Å². The fraction of sp³-hybridized carbons (Fsp3) is 0.190. The van der Waals surface area contributed by atoms with Gasteiger partial charge in [0, 0.05) is 13.1 Å². The molecule has 0 aliphatic heterocycles. The normalized spacial score (nSPS) is 10.7. The number of hydrogen-bond donors (Lipinski definition) is 2. The minimum absolute atomic E-state index is 0.00210. The van der Waals surface area contributed by atoms with Crippen molar-refractivity contribution in [1.82, 2.24) is 30.6 Å². The summed E-state index contributed by atoms with van der Waals surface area (Å²) in [4.78, 5) is 38.1. The van der Waals surface area contributed by atoms with Gasteiger partial charge in [0.05, 0.1) is 17.4 Å². The van der Waals surface area contributed by atoms with Crippen molar-refractivity contribution in [2.24, 2.45) is 0 Å². The lowest BCUT2D eigenvalue weighted by atomic mass is 10.1. The molecule has 13 heteroatoms. The minimum atomic E-state index is -0.625. The molecule has 2 aromatic heterocycles. The molecule has 0 radical (unpaired) electrons. The number of fused-ring (bicyclic) bond motifs is 1. The molecule has 2 N–H and O–H groups in total. The van der Waals surface area contributed by atoms with Gasteiger partial charge in [-0.1, -0.05) is 35.5 Å². The second kappa shape index (κ2) is 10.2. The van der Waals surface area contributed by atoms with Gasteiger partial charge in [0.25, 0.3) is 5.91 Å². The van der Waals surface area contributed by atoms with Crippen LogP contribution in [0.1, 0.15) is 16.5 Å². The summed E-state index contributed by atoms with van der Waals surface area (Å²) in [5, 5.41) is 25.3. The van der Waals surface area contributed by atoms with Crippen molar-refractivity contribution < 1.29 is 23.8 Å². The molecule has 0 unspecified atom stereocenters. The number of nitrogens with zero attached hydrogens (tertiary/aromatic N) is 5. The Kier molecular flexibility index (Phi) is 6.72. The van der Waals surface area contributed by atoms with Gasteiger partial charge in [-0.2, -0.15) is 9.67 Å². The average Bonchev–Trinajstić information content (AvgIpc) is 3.50. The van der Waals surface area contributed by atoms with E-state index in [4.69, 9.17) is 9.26 Å². The first kappa shape index (κ1) is 22.4. The first-order valence-electron chi connectivity index (χ1n) is 10.1. The SMILES string of the molecule is O=C(COc1ccc2ccccc2c1)NCCNC(=O)c1nc(Cn2ccc([N+](=O)[O-])n2)no1. The van der Waals surface area contributed by atoms with Crippen molar-refractivity contribution in [2.45, 2.75) is 6.54 Å². The maximum atomic E-state index is 12.1. The summed E-state index contributed by atoms with van der Waals surface area (Å²) < 4.78 is 11.7. The van der Waals surface area contributed by atoms with Gasteiger partial charge in [-0.15, -0.1) is 0 Å². The molecular formula is C21H19N7O6. The van der Waals surface area contributed by atoms with E-state index in [1.54, 1.807) is 6.07 Å². The van der Waals surface area contributed by atoms with Crippen LogP contribution in [0.2, 0.25) is 0 Å². The van der Waals surface area contributed by atoms with Crippen molar-refractivity contribution in [2.75, 3.05) is 19.7 Å². The first-order chi connectivity index (χ1) is 16.5. The maximum absolute atomic E-state index is 12.1. The zero-order valence-electron chi connectivity index (χ0n) is 17.7. The summed E-state index contributed by atoms with van der Waals surface area (Å²) in [6, 6.07) is 14.6. The van der Waals surface area contributed by atoms with E-state index in [1.165, 1.54) is 16.9 Å². The van der Waals surface area contributed by atoms with Crippen LogP contribution in [-0.2, 0) is 11.3 Å². The molecule has 0 atom stereocenters. The summed E-state index contributed by atoms with van der Waals surface area (Å²) >= 11 is 0. The number of aromatic nitrogens is 4. The third kappa shape index (κ3) is 5.70. The van der Waals surface area contributed by atoms with E-state index < -0.39 is 10.8 Å². The highest BCUT2D eigenvalue weighted by Gasteiger charge is 2.17. The van der Waals surface area contributed by atoms with Gasteiger partial charge in [-0.05, 0) is 27.8 Å². The lowest BCUT2D eigenvalue weighted by Gasteiger charge is -2.08. The second-order valence-electron chi connectivity index (χ2n) is 7.05. The van der Waals surface area contributed by atoms with Crippen molar-refractivity contribution in [3.63, 3.8) is 0 Å². The van der Waals surface area contributed by atoms with Crippen molar-refractivity contribution in [1.29, 1.82) is 0 Å². The van der Waals surface area contributed by atoms with E-state index in [0.29, 0.717) is 5.75 Å². The zero-order valence-corrected chi connectivity index (χ0v) is 17.7. The Morgan fingerprint density at radius 1 is 1.09 bits per heavy atom. The Balaban J connectivity index is 1.16. The lowest BCUT2D eigenvalue weighted by Crippen LogP contribution is -2.36. The largest absolute Gasteiger partial charge is 0.484 e. The number of hydrogen-bond acceptors (Lipinski definition) is 9. The van der Waals surface area contributed by atoms with Crippen LogP contribution in [-0.4, -0.2) is 56.4 Å². The quantitative estimate of drug-likeness (QED) is 0.199. The average molecular weight is 465 g/mol. The molecule has 2 amide bonds. The molecule has 0 bridgehead atoms. The molecule has 13 nitrogen and oxygen atoms in total. The van der Waals surface area contributed by atoms with Crippen LogP contribution in [0.5, 0.6) is 5.75 Å². The third-order valence-corrected chi connectivity index (χ3v) is 4.60. The highest BCUT2D eigenvalue weighted by molar-refractivity contribution is 5.89. The topological polar surface area (TPSA) is 167 Å². The van der Waals surface area contributed by atoms with Gasteiger partial charge in [0.1, 0.15) is 12.3 Å². The number of nitro groups is 1. The number of ether oxygens (including phenoxy) is 1. The van der Waals surface area contributed by atoms with Gasteiger partial charge >= 0.3 is 17.6 Å². The molecule has 0 spiro atoms. The highest BCUT2D eigenvalue weighted by atomic mass is 16.6. The Labute approximate surface area is 191 Å². The number of benzene rings is 2. The Morgan fingerprint density at radius 3 is 2.68 bits per heavy atom. The van der Waals surface area contributed by atoms with Crippen molar-refractivity contribution in [3.8, 4) is 5.75 Å². The van der Waals surface area contributed by atoms with E-state index in [9.17, 15) is 19.7 Å². The molecule has 0 aliphatic carbocycles. The molecule has 0 fully saturated rings. The van der Waals surface area contributed by atoms with Crippen LogP contribution in [0.3, 0.4) is 0 Å². The Hall–Kier alpha value is -4.81. The van der Waals surface area contributed by atoms with Gasteiger partial charge < -0.3 is 30.0 Å². The van der Waals surface area contributed by atoms with E-state index >= 15 is 0 Å². The summed E-state index contributed by atoms with van der Waals surface area (Å²) in [7, 11) is 0. The molecule has 34 heavy (non-hydrogen) atoms. The lowest BCUT2D eigenvalue weighted by molar-refractivity contribution is -0.389. The molecule has 4 rings (SSSR count). The van der Waals surface area contributed by atoms with Gasteiger partial charge in [-0.3, -0.25) is 9.59 Å². The monoisotopic (exact) mass is 465 g/mol. The molecule has 2 aromatic carbocycles. The molecule has 0 aliphatic rings. The fourth-order valence-corrected chi connectivity index (χ4v) is 3.00. The zero-order chi connectivity index (χ0) is 23.9. The highest BCUT2D eigenvalue weighted by Crippen LogP contribution is 2.20. The number of rotatable bonds is 10. The van der Waals surface area contributed by atoms with Gasteiger partial charge in [-0.25, -0.2) is 0 Å². The molecule has 174 valence electrons.